The smallest absolute Gasteiger partial charge is 0.244 e. The summed E-state index contributed by atoms with van der Waals surface area (Å²) >= 11 is 0. The summed E-state index contributed by atoms with van der Waals surface area (Å²) < 4.78 is 40.0. The van der Waals surface area contributed by atoms with Crippen molar-refractivity contribution in [3.05, 3.63) is 58.4 Å². The van der Waals surface area contributed by atoms with E-state index in [4.69, 9.17) is 0 Å². The van der Waals surface area contributed by atoms with Crippen LogP contribution in [0.5, 0.6) is 0 Å². The Kier molecular flexibility index (Phi) is 5.69. The van der Waals surface area contributed by atoms with Gasteiger partial charge in [-0.25, -0.2) is 13.2 Å². The number of halogens is 3. The molecule has 4 nitrogen and oxygen atoms in total. The molecule has 0 spiro atoms. The van der Waals surface area contributed by atoms with Gasteiger partial charge in [0.15, 0.2) is 17.5 Å². The fourth-order valence-electron chi connectivity index (χ4n) is 2.90. The molecule has 0 heterocycles. The highest BCUT2D eigenvalue weighted by atomic mass is 19.2. The highest BCUT2D eigenvalue weighted by molar-refractivity contribution is 6.02. The first-order valence-electron chi connectivity index (χ1n) is 7.91. The second-order valence-electron chi connectivity index (χ2n) is 6.12. The lowest BCUT2D eigenvalue weighted by Gasteiger charge is -2.25. The van der Waals surface area contributed by atoms with E-state index >= 15 is 0 Å². The van der Waals surface area contributed by atoms with Crippen molar-refractivity contribution in [3.8, 4) is 0 Å². The molecule has 7 heteroatoms. The average Bonchev–Trinajstić information content (AvgIpc) is 2.53. The van der Waals surface area contributed by atoms with Crippen molar-refractivity contribution >= 4 is 23.2 Å². The maximum atomic E-state index is 13.7. The number of amides is 2. The van der Waals surface area contributed by atoms with Gasteiger partial charge in [-0.05, 0) is 44.0 Å². The van der Waals surface area contributed by atoms with Crippen LogP contribution >= 0.6 is 0 Å². The topological polar surface area (TPSA) is 49.4 Å². The number of carbonyl (C=O) groups excluding carboxylic acids is 2. The molecular formula is C19H19F3N2O2. The van der Waals surface area contributed by atoms with E-state index in [-0.39, 0.29) is 5.91 Å². The minimum absolute atomic E-state index is 0.374. The van der Waals surface area contributed by atoms with Gasteiger partial charge in [0.05, 0.1) is 11.4 Å². The lowest BCUT2D eigenvalue weighted by molar-refractivity contribution is -0.120. The molecule has 1 N–H and O–H groups in total. The van der Waals surface area contributed by atoms with Gasteiger partial charge in [0.1, 0.15) is 6.54 Å². The van der Waals surface area contributed by atoms with Crippen molar-refractivity contribution in [1.29, 1.82) is 0 Å². The second kappa shape index (κ2) is 7.59. The van der Waals surface area contributed by atoms with E-state index in [2.05, 4.69) is 5.32 Å². The first kappa shape index (κ1) is 19.5. The van der Waals surface area contributed by atoms with Gasteiger partial charge in [0.2, 0.25) is 11.8 Å². The Balaban J connectivity index is 2.28. The fraction of sp³-hybridized carbons (Fsp3) is 0.263. The molecule has 138 valence electrons. The predicted molar refractivity (Wildman–Crippen MR) is 93.6 cm³/mol. The van der Waals surface area contributed by atoms with Gasteiger partial charge < -0.3 is 10.2 Å². The van der Waals surface area contributed by atoms with Gasteiger partial charge in [0, 0.05) is 6.92 Å². The Morgan fingerprint density at radius 1 is 1.00 bits per heavy atom. The maximum absolute atomic E-state index is 13.7. The molecule has 0 aliphatic carbocycles. The minimum Gasteiger partial charge on any atom is -0.322 e. The number of anilines is 2. The van der Waals surface area contributed by atoms with Crippen molar-refractivity contribution in [2.45, 2.75) is 27.7 Å². The molecule has 0 aromatic heterocycles. The number of hydrogen-bond donors (Lipinski definition) is 1. The molecule has 0 saturated heterocycles. The molecule has 0 aliphatic heterocycles. The number of hydrogen-bond acceptors (Lipinski definition) is 2. The zero-order valence-electron chi connectivity index (χ0n) is 14.9. The quantitative estimate of drug-likeness (QED) is 0.833. The van der Waals surface area contributed by atoms with E-state index in [1.54, 1.807) is 0 Å². The molecule has 0 unspecified atom stereocenters. The van der Waals surface area contributed by atoms with Gasteiger partial charge in [-0.3, -0.25) is 9.59 Å². The zero-order chi connectivity index (χ0) is 19.6. The van der Waals surface area contributed by atoms with E-state index in [9.17, 15) is 22.8 Å². The average molecular weight is 364 g/mol. The summed E-state index contributed by atoms with van der Waals surface area (Å²) in [5, 5.41) is 2.17. The Bertz CT molecular complexity index is 858. The molecule has 2 rings (SSSR count). The van der Waals surface area contributed by atoms with Crippen LogP contribution in [-0.2, 0) is 9.59 Å². The summed E-state index contributed by atoms with van der Waals surface area (Å²) in [6.07, 6.45) is 0. The lowest BCUT2D eigenvalue weighted by Crippen LogP contribution is -2.37. The first-order chi connectivity index (χ1) is 12.1. The molecule has 0 saturated carbocycles. The third-order valence-corrected chi connectivity index (χ3v) is 3.90. The Hall–Kier alpha value is -2.83. The normalized spacial score (nSPS) is 10.6. The second-order valence-corrected chi connectivity index (χ2v) is 6.12. The predicted octanol–water partition coefficient (Wildman–Crippen LogP) is 4.02. The summed E-state index contributed by atoms with van der Waals surface area (Å²) in [5.41, 5.74) is 2.73. The SMILES string of the molecule is CC(=O)N(CC(=O)Nc1ccc(F)c(F)c1F)c1c(C)cc(C)cc1C. The molecule has 26 heavy (non-hydrogen) atoms. The molecule has 0 aliphatic rings. The summed E-state index contributed by atoms with van der Waals surface area (Å²) in [6, 6.07) is 5.40. The fourth-order valence-corrected chi connectivity index (χ4v) is 2.90. The third kappa shape index (κ3) is 4.04. The van der Waals surface area contributed by atoms with E-state index in [0.717, 1.165) is 22.8 Å². The van der Waals surface area contributed by atoms with Crippen LogP contribution in [-0.4, -0.2) is 18.4 Å². The summed E-state index contributed by atoms with van der Waals surface area (Å²) in [5.74, 6) is -5.62. The van der Waals surface area contributed by atoms with Crippen LogP contribution in [0.4, 0.5) is 24.5 Å². The monoisotopic (exact) mass is 364 g/mol. The van der Waals surface area contributed by atoms with Crippen LogP contribution in [0.2, 0.25) is 0 Å². The minimum atomic E-state index is -1.67. The van der Waals surface area contributed by atoms with E-state index in [1.807, 2.05) is 32.9 Å². The van der Waals surface area contributed by atoms with Crippen molar-refractivity contribution < 1.29 is 22.8 Å². The number of rotatable bonds is 4. The van der Waals surface area contributed by atoms with Crippen LogP contribution in [0, 0.1) is 38.2 Å². The Labute approximate surface area is 149 Å². The van der Waals surface area contributed by atoms with Gasteiger partial charge in [-0.2, -0.15) is 0 Å². The highest BCUT2D eigenvalue weighted by Gasteiger charge is 2.21. The standard InChI is InChI=1S/C19H19F3N2O2/c1-10-7-11(2)19(12(3)8-10)24(13(4)25)9-16(26)23-15-6-5-14(20)17(21)18(15)22/h5-8H,9H2,1-4H3,(H,23,26). The Morgan fingerprint density at radius 2 is 1.58 bits per heavy atom. The molecule has 2 aromatic carbocycles. The molecular weight excluding hydrogens is 345 g/mol. The van der Waals surface area contributed by atoms with Crippen molar-refractivity contribution in [2.75, 3.05) is 16.8 Å². The molecule has 0 fully saturated rings. The number of carbonyl (C=O) groups is 2. The molecule has 0 atom stereocenters. The van der Waals surface area contributed by atoms with E-state index in [0.29, 0.717) is 11.8 Å². The molecule has 2 amide bonds. The van der Waals surface area contributed by atoms with Gasteiger partial charge in [-0.15, -0.1) is 0 Å². The zero-order valence-corrected chi connectivity index (χ0v) is 14.9. The Morgan fingerprint density at radius 3 is 2.12 bits per heavy atom. The van der Waals surface area contributed by atoms with E-state index in [1.165, 1.54) is 11.8 Å². The van der Waals surface area contributed by atoms with Crippen molar-refractivity contribution in [3.63, 3.8) is 0 Å². The molecule has 0 radical (unpaired) electrons. The van der Waals surface area contributed by atoms with Gasteiger partial charge in [-0.1, -0.05) is 17.7 Å². The van der Waals surface area contributed by atoms with Crippen LogP contribution < -0.4 is 10.2 Å². The number of benzene rings is 2. The number of aryl methyl sites for hydroxylation is 3. The third-order valence-electron chi connectivity index (χ3n) is 3.90. The largest absolute Gasteiger partial charge is 0.322 e. The maximum Gasteiger partial charge on any atom is 0.244 e. The summed E-state index contributed by atoms with van der Waals surface area (Å²) in [6.45, 7) is 6.47. The van der Waals surface area contributed by atoms with Gasteiger partial charge in [0.25, 0.3) is 0 Å². The van der Waals surface area contributed by atoms with E-state index < -0.39 is 35.6 Å². The van der Waals surface area contributed by atoms with Crippen molar-refractivity contribution in [2.24, 2.45) is 0 Å². The van der Waals surface area contributed by atoms with Crippen LogP contribution in [0.15, 0.2) is 24.3 Å². The highest BCUT2D eigenvalue weighted by Crippen LogP contribution is 2.27. The van der Waals surface area contributed by atoms with Crippen LogP contribution in [0.1, 0.15) is 23.6 Å². The summed E-state index contributed by atoms with van der Waals surface area (Å²) in [4.78, 5) is 25.6. The summed E-state index contributed by atoms with van der Waals surface area (Å²) in [7, 11) is 0. The van der Waals surface area contributed by atoms with Crippen molar-refractivity contribution in [1.82, 2.24) is 0 Å². The van der Waals surface area contributed by atoms with Crippen LogP contribution in [0.3, 0.4) is 0 Å². The first-order valence-corrected chi connectivity index (χ1v) is 7.91. The molecule has 0 bridgehead atoms. The number of nitrogens with one attached hydrogen (secondary N) is 1. The number of nitrogens with zero attached hydrogens (tertiary/aromatic N) is 1. The molecule has 2 aromatic rings. The lowest BCUT2D eigenvalue weighted by atomic mass is 10.0. The van der Waals surface area contributed by atoms with Gasteiger partial charge >= 0.3 is 0 Å². The van der Waals surface area contributed by atoms with Crippen LogP contribution in [0.25, 0.3) is 0 Å².